The van der Waals surface area contributed by atoms with Gasteiger partial charge < -0.3 is 15.4 Å². The molecule has 1 heterocycles. The maximum Gasteiger partial charge on any atom is 0.254 e. The van der Waals surface area contributed by atoms with E-state index in [-0.39, 0.29) is 5.91 Å². The molecule has 0 aliphatic carbocycles. The number of nitrogens with zero attached hydrogens (tertiary/aromatic N) is 1. The molecule has 0 fully saturated rings. The van der Waals surface area contributed by atoms with Crippen molar-refractivity contribution in [3.63, 3.8) is 0 Å². The van der Waals surface area contributed by atoms with Crippen LogP contribution in [0.2, 0.25) is 5.02 Å². The van der Waals surface area contributed by atoms with Gasteiger partial charge in [-0.25, -0.2) is 0 Å². The van der Waals surface area contributed by atoms with E-state index in [2.05, 4.69) is 6.58 Å². The number of amides is 1. The third-order valence-corrected chi connectivity index (χ3v) is 4.23. The lowest BCUT2D eigenvalue weighted by molar-refractivity contribution is 0.0766. The Labute approximate surface area is 146 Å². The van der Waals surface area contributed by atoms with Crippen molar-refractivity contribution in [3.05, 3.63) is 76.3 Å². The third-order valence-electron chi connectivity index (χ3n) is 3.97. The fourth-order valence-electron chi connectivity index (χ4n) is 2.63. The molecule has 2 aromatic carbocycles. The number of carbonyl (C=O) groups excluding carboxylic acids is 1. The molecule has 124 valence electrons. The van der Waals surface area contributed by atoms with Gasteiger partial charge in [0.2, 0.25) is 0 Å². The summed E-state index contributed by atoms with van der Waals surface area (Å²) in [6, 6.07) is 13.1. The summed E-state index contributed by atoms with van der Waals surface area (Å²) in [5.41, 5.74) is 9.10. The lowest BCUT2D eigenvalue weighted by Gasteiger charge is -2.15. The van der Waals surface area contributed by atoms with Crippen LogP contribution in [0.5, 0.6) is 5.75 Å². The summed E-state index contributed by atoms with van der Waals surface area (Å²) in [6.45, 7) is 5.74. The smallest absolute Gasteiger partial charge is 0.254 e. The van der Waals surface area contributed by atoms with E-state index in [1.54, 1.807) is 0 Å². The minimum atomic E-state index is 0.0397. The zero-order valence-corrected chi connectivity index (χ0v) is 14.1. The predicted octanol–water partition coefficient (Wildman–Crippen LogP) is 3.39. The highest BCUT2D eigenvalue weighted by atomic mass is 35.5. The lowest BCUT2D eigenvalue weighted by atomic mass is 10.1. The van der Waals surface area contributed by atoms with Gasteiger partial charge in [0.15, 0.2) is 0 Å². The Balaban J connectivity index is 1.70. The molecular formula is C19H19ClN2O2. The summed E-state index contributed by atoms with van der Waals surface area (Å²) < 4.78 is 5.66. The normalized spacial score (nSPS) is 13.1. The van der Waals surface area contributed by atoms with Gasteiger partial charge in [0.05, 0.1) is 0 Å². The summed E-state index contributed by atoms with van der Waals surface area (Å²) in [5.74, 6) is 0.766. The van der Waals surface area contributed by atoms with E-state index >= 15 is 0 Å². The zero-order chi connectivity index (χ0) is 17.1. The van der Waals surface area contributed by atoms with Crippen molar-refractivity contribution in [2.24, 2.45) is 5.73 Å². The summed E-state index contributed by atoms with van der Waals surface area (Å²) in [4.78, 5) is 14.3. The molecular weight excluding hydrogens is 324 g/mol. The molecule has 0 saturated heterocycles. The number of rotatable bonds is 6. The van der Waals surface area contributed by atoms with E-state index in [9.17, 15) is 4.79 Å². The Morgan fingerprint density at radius 1 is 1.25 bits per heavy atom. The van der Waals surface area contributed by atoms with Crippen LogP contribution >= 0.6 is 11.6 Å². The molecule has 1 amide bonds. The van der Waals surface area contributed by atoms with Gasteiger partial charge in [-0.15, -0.1) is 0 Å². The second-order valence-electron chi connectivity index (χ2n) is 5.85. The first-order valence-corrected chi connectivity index (χ1v) is 8.11. The van der Waals surface area contributed by atoms with Crippen LogP contribution in [0.25, 0.3) is 0 Å². The highest BCUT2D eigenvalue weighted by Crippen LogP contribution is 2.28. The van der Waals surface area contributed by atoms with E-state index < -0.39 is 0 Å². The second kappa shape index (κ2) is 7.07. The number of halogens is 1. The van der Waals surface area contributed by atoms with Gasteiger partial charge in [0.25, 0.3) is 5.91 Å². The first kappa shape index (κ1) is 16.6. The molecule has 24 heavy (non-hydrogen) atoms. The summed E-state index contributed by atoms with van der Waals surface area (Å²) in [7, 11) is 0. The van der Waals surface area contributed by atoms with Gasteiger partial charge in [0, 0.05) is 30.2 Å². The Morgan fingerprint density at radius 3 is 2.71 bits per heavy atom. The first-order chi connectivity index (χ1) is 11.6. The van der Waals surface area contributed by atoms with Crippen LogP contribution in [0.3, 0.4) is 0 Å². The van der Waals surface area contributed by atoms with Crippen LogP contribution in [-0.2, 0) is 13.1 Å². The van der Waals surface area contributed by atoms with Crippen molar-refractivity contribution in [1.29, 1.82) is 0 Å². The molecule has 3 rings (SSSR count). The molecule has 1 aliphatic heterocycles. The number of fused-ring (bicyclic) bond motifs is 1. The van der Waals surface area contributed by atoms with Gasteiger partial charge in [0.1, 0.15) is 12.4 Å². The summed E-state index contributed by atoms with van der Waals surface area (Å²) >= 11 is 5.90. The Kier molecular flexibility index (Phi) is 4.88. The molecule has 0 atom stereocenters. The fourth-order valence-corrected chi connectivity index (χ4v) is 2.76. The van der Waals surface area contributed by atoms with Crippen molar-refractivity contribution in [2.45, 2.75) is 13.1 Å². The number of ether oxygens (including phenoxy) is 1. The quantitative estimate of drug-likeness (QED) is 0.819. The number of hydrogen-bond acceptors (Lipinski definition) is 3. The monoisotopic (exact) mass is 342 g/mol. The average molecular weight is 343 g/mol. The second-order valence-corrected chi connectivity index (χ2v) is 6.29. The Hall–Kier alpha value is -2.30. The fraction of sp³-hybridized carbons (Fsp3) is 0.211. The van der Waals surface area contributed by atoms with Gasteiger partial charge >= 0.3 is 0 Å². The van der Waals surface area contributed by atoms with Crippen LogP contribution < -0.4 is 10.5 Å². The minimum Gasteiger partial charge on any atom is -0.489 e. The summed E-state index contributed by atoms with van der Waals surface area (Å²) in [5, 5.41) is 0.690. The van der Waals surface area contributed by atoms with E-state index in [0.29, 0.717) is 31.3 Å². The van der Waals surface area contributed by atoms with E-state index in [1.165, 1.54) is 0 Å². The van der Waals surface area contributed by atoms with Crippen LogP contribution in [0.1, 0.15) is 21.5 Å². The molecule has 0 saturated carbocycles. The van der Waals surface area contributed by atoms with E-state index in [1.807, 2.05) is 47.4 Å². The van der Waals surface area contributed by atoms with Gasteiger partial charge in [-0.1, -0.05) is 30.3 Å². The van der Waals surface area contributed by atoms with Crippen molar-refractivity contribution < 1.29 is 9.53 Å². The number of nitrogens with two attached hydrogens (primary N) is 1. The molecule has 2 aromatic rings. The van der Waals surface area contributed by atoms with Gasteiger partial charge in [-0.05, 0) is 47.0 Å². The molecule has 0 spiro atoms. The maximum absolute atomic E-state index is 12.5. The average Bonchev–Trinajstić information content (AvgIpc) is 2.90. The number of carbonyl (C=O) groups is 1. The van der Waals surface area contributed by atoms with E-state index in [0.717, 1.165) is 28.0 Å². The first-order valence-electron chi connectivity index (χ1n) is 7.73. The molecule has 0 radical (unpaired) electrons. The molecule has 0 bridgehead atoms. The molecule has 0 aromatic heterocycles. The van der Waals surface area contributed by atoms with Gasteiger partial charge in [-0.3, -0.25) is 4.79 Å². The zero-order valence-electron chi connectivity index (χ0n) is 13.3. The molecule has 4 nitrogen and oxygen atoms in total. The van der Waals surface area contributed by atoms with Crippen LogP contribution in [0.15, 0.2) is 54.6 Å². The predicted molar refractivity (Wildman–Crippen MR) is 95.2 cm³/mol. The topological polar surface area (TPSA) is 55.6 Å². The van der Waals surface area contributed by atoms with Crippen LogP contribution in [0, 0.1) is 0 Å². The van der Waals surface area contributed by atoms with E-state index in [4.69, 9.17) is 22.1 Å². The Morgan fingerprint density at radius 2 is 2.00 bits per heavy atom. The highest BCUT2D eigenvalue weighted by molar-refractivity contribution is 6.30. The summed E-state index contributed by atoms with van der Waals surface area (Å²) in [6.07, 6.45) is 0. The minimum absolute atomic E-state index is 0.0397. The van der Waals surface area contributed by atoms with Crippen molar-refractivity contribution in [1.82, 2.24) is 4.90 Å². The molecule has 1 aliphatic rings. The SMILES string of the molecule is C=C(CN)COc1ccc2c(c1)CN(Cc1ccc(Cl)cc1)C2=O. The highest BCUT2D eigenvalue weighted by Gasteiger charge is 2.27. The molecule has 5 heteroatoms. The number of hydrogen-bond donors (Lipinski definition) is 1. The Bertz CT molecular complexity index is 771. The standard InChI is InChI=1S/C19H19ClN2O2/c1-13(9-21)12-24-17-6-7-18-15(8-17)11-22(19(18)23)10-14-2-4-16(20)5-3-14/h2-8H,1,9-12,21H2. The van der Waals surface area contributed by atoms with Crippen LogP contribution in [-0.4, -0.2) is 24.0 Å². The van der Waals surface area contributed by atoms with Crippen molar-refractivity contribution in [3.8, 4) is 5.75 Å². The van der Waals surface area contributed by atoms with Crippen molar-refractivity contribution >= 4 is 17.5 Å². The molecule has 0 unspecified atom stereocenters. The van der Waals surface area contributed by atoms with Crippen molar-refractivity contribution in [2.75, 3.05) is 13.2 Å². The lowest BCUT2D eigenvalue weighted by Crippen LogP contribution is -2.23. The maximum atomic E-state index is 12.5. The van der Waals surface area contributed by atoms with Crippen LogP contribution in [0.4, 0.5) is 0 Å². The van der Waals surface area contributed by atoms with Gasteiger partial charge in [-0.2, -0.15) is 0 Å². The third kappa shape index (κ3) is 3.61. The molecule has 2 N–H and O–H groups in total. The largest absolute Gasteiger partial charge is 0.489 e. The number of benzene rings is 2.